The van der Waals surface area contributed by atoms with Gasteiger partial charge < -0.3 is 15.2 Å². The van der Waals surface area contributed by atoms with Crippen molar-refractivity contribution < 1.29 is 9.47 Å². The van der Waals surface area contributed by atoms with Crippen molar-refractivity contribution in [3.63, 3.8) is 0 Å². The highest BCUT2D eigenvalue weighted by molar-refractivity contribution is 5.28. The molecule has 0 radical (unpaired) electrons. The molecule has 1 aromatic carbocycles. The second-order valence-electron chi connectivity index (χ2n) is 3.45. The van der Waals surface area contributed by atoms with Crippen LogP contribution in [-0.4, -0.2) is 20.3 Å². The summed E-state index contributed by atoms with van der Waals surface area (Å²) in [5.74, 6) is 0.848. The van der Waals surface area contributed by atoms with Crippen LogP contribution >= 0.6 is 0 Å². The molecule has 1 rings (SSSR count). The van der Waals surface area contributed by atoms with Gasteiger partial charge in [0.15, 0.2) is 0 Å². The van der Waals surface area contributed by atoms with Gasteiger partial charge in [0.2, 0.25) is 0 Å². The molecule has 84 valence electrons. The highest BCUT2D eigenvalue weighted by Crippen LogP contribution is 2.16. The minimum Gasteiger partial charge on any atom is -0.497 e. The van der Waals surface area contributed by atoms with E-state index in [9.17, 15) is 0 Å². The Morgan fingerprint density at radius 3 is 2.47 bits per heavy atom. The minimum atomic E-state index is -0.0533. The molecule has 1 aromatic rings. The van der Waals surface area contributed by atoms with Crippen LogP contribution in [0.2, 0.25) is 0 Å². The standard InChI is InChI=1S/C12H19NO2/c1-3-8-15-9-12(13)10-4-6-11(14-2)7-5-10/h4-7,12H,3,8-9,13H2,1-2H3. The molecule has 15 heavy (non-hydrogen) atoms. The first-order valence-corrected chi connectivity index (χ1v) is 5.25. The zero-order valence-electron chi connectivity index (χ0n) is 9.40. The van der Waals surface area contributed by atoms with Gasteiger partial charge >= 0.3 is 0 Å². The second kappa shape index (κ2) is 6.43. The van der Waals surface area contributed by atoms with Crippen LogP contribution in [0.25, 0.3) is 0 Å². The van der Waals surface area contributed by atoms with Crippen LogP contribution in [0.15, 0.2) is 24.3 Å². The van der Waals surface area contributed by atoms with Crippen molar-refractivity contribution in [2.24, 2.45) is 5.73 Å². The SMILES string of the molecule is CCCOCC(N)c1ccc(OC)cc1. The van der Waals surface area contributed by atoms with Crippen molar-refractivity contribution in [2.45, 2.75) is 19.4 Å². The molecule has 0 spiro atoms. The highest BCUT2D eigenvalue weighted by Gasteiger charge is 2.05. The molecule has 3 nitrogen and oxygen atoms in total. The van der Waals surface area contributed by atoms with Crippen LogP contribution in [-0.2, 0) is 4.74 Å². The summed E-state index contributed by atoms with van der Waals surface area (Å²) < 4.78 is 10.5. The van der Waals surface area contributed by atoms with Crippen LogP contribution in [0.3, 0.4) is 0 Å². The Morgan fingerprint density at radius 1 is 1.27 bits per heavy atom. The maximum absolute atomic E-state index is 5.96. The lowest BCUT2D eigenvalue weighted by molar-refractivity contribution is 0.121. The van der Waals surface area contributed by atoms with Gasteiger partial charge in [0.25, 0.3) is 0 Å². The zero-order chi connectivity index (χ0) is 11.1. The second-order valence-corrected chi connectivity index (χ2v) is 3.45. The van der Waals surface area contributed by atoms with Crippen LogP contribution in [0.4, 0.5) is 0 Å². The molecule has 0 heterocycles. The van der Waals surface area contributed by atoms with E-state index in [1.807, 2.05) is 24.3 Å². The van der Waals surface area contributed by atoms with E-state index in [0.29, 0.717) is 6.61 Å². The van der Waals surface area contributed by atoms with Gasteiger partial charge in [-0.1, -0.05) is 19.1 Å². The van der Waals surface area contributed by atoms with Crippen molar-refractivity contribution in [1.82, 2.24) is 0 Å². The van der Waals surface area contributed by atoms with Crippen LogP contribution in [0.5, 0.6) is 5.75 Å². The van der Waals surface area contributed by atoms with Gasteiger partial charge in [-0.25, -0.2) is 0 Å². The van der Waals surface area contributed by atoms with Crippen LogP contribution < -0.4 is 10.5 Å². The third kappa shape index (κ3) is 3.90. The summed E-state index contributed by atoms with van der Waals surface area (Å²) in [4.78, 5) is 0. The summed E-state index contributed by atoms with van der Waals surface area (Å²) in [6, 6.07) is 7.71. The molecule has 0 fully saturated rings. The summed E-state index contributed by atoms with van der Waals surface area (Å²) in [6.07, 6.45) is 1.02. The number of hydrogen-bond acceptors (Lipinski definition) is 3. The Labute approximate surface area is 91.2 Å². The van der Waals surface area contributed by atoms with Gasteiger partial charge in [-0.3, -0.25) is 0 Å². The molecule has 3 heteroatoms. The van der Waals surface area contributed by atoms with Gasteiger partial charge in [-0.05, 0) is 24.1 Å². The molecule has 0 aromatic heterocycles. The zero-order valence-corrected chi connectivity index (χ0v) is 9.40. The van der Waals surface area contributed by atoms with E-state index in [-0.39, 0.29) is 6.04 Å². The Balaban J connectivity index is 2.46. The number of methoxy groups -OCH3 is 1. The van der Waals surface area contributed by atoms with E-state index in [0.717, 1.165) is 24.3 Å². The van der Waals surface area contributed by atoms with Crippen molar-refractivity contribution >= 4 is 0 Å². The summed E-state index contributed by atoms with van der Waals surface area (Å²) in [5.41, 5.74) is 7.04. The molecule has 1 atom stereocenters. The average molecular weight is 209 g/mol. The van der Waals surface area contributed by atoms with Crippen molar-refractivity contribution in [3.8, 4) is 5.75 Å². The normalized spacial score (nSPS) is 12.5. The lowest BCUT2D eigenvalue weighted by atomic mass is 10.1. The summed E-state index contributed by atoms with van der Waals surface area (Å²) in [5, 5.41) is 0. The molecule has 0 amide bonds. The lowest BCUT2D eigenvalue weighted by Crippen LogP contribution is -2.17. The van der Waals surface area contributed by atoms with E-state index in [2.05, 4.69) is 6.92 Å². The smallest absolute Gasteiger partial charge is 0.118 e. The Morgan fingerprint density at radius 2 is 1.93 bits per heavy atom. The summed E-state index contributed by atoms with van der Waals surface area (Å²) >= 11 is 0. The quantitative estimate of drug-likeness (QED) is 0.730. The molecular formula is C12H19NO2. The topological polar surface area (TPSA) is 44.5 Å². The van der Waals surface area contributed by atoms with E-state index >= 15 is 0 Å². The fraction of sp³-hybridized carbons (Fsp3) is 0.500. The molecule has 0 bridgehead atoms. The third-order valence-electron chi connectivity index (χ3n) is 2.19. The van der Waals surface area contributed by atoms with Crippen molar-refractivity contribution in [3.05, 3.63) is 29.8 Å². The van der Waals surface area contributed by atoms with Crippen LogP contribution in [0, 0.1) is 0 Å². The third-order valence-corrected chi connectivity index (χ3v) is 2.19. The van der Waals surface area contributed by atoms with Gasteiger partial charge in [0, 0.05) is 6.61 Å². The Hall–Kier alpha value is -1.06. The Kier molecular flexibility index (Phi) is 5.15. The number of ether oxygens (including phenoxy) is 2. The molecule has 0 saturated heterocycles. The fourth-order valence-corrected chi connectivity index (χ4v) is 1.30. The number of nitrogens with two attached hydrogens (primary N) is 1. The largest absolute Gasteiger partial charge is 0.497 e. The van der Waals surface area contributed by atoms with Gasteiger partial charge in [-0.2, -0.15) is 0 Å². The fourth-order valence-electron chi connectivity index (χ4n) is 1.30. The average Bonchev–Trinajstić information content (AvgIpc) is 2.29. The molecule has 0 aliphatic rings. The number of benzene rings is 1. The first kappa shape index (κ1) is 12.0. The molecular weight excluding hydrogens is 190 g/mol. The maximum atomic E-state index is 5.96. The number of rotatable bonds is 6. The van der Waals surface area contributed by atoms with Crippen molar-refractivity contribution in [1.29, 1.82) is 0 Å². The first-order chi connectivity index (χ1) is 7.27. The van der Waals surface area contributed by atoms with E-state index in [1.54, 1.807) is 7.11 Å². The Bertz CT molecular complexity index is 271. The van der Waals surface area contributed by atoms with Crippen molar-refractivity contribution in [2.75, 3.05) is 20.3 Å². The number of hydrogen-bond donors (Lipinski definition) is 1. The maximum Gasteiger partial charge on any atom is 0.118 e. The van der Waals surface area contributed by atoms with E-state index in [1.165, 1.54) is 0 Å². The first-order valence-electron chi connectivity index (χ1n) is 5.25. The molecule has 0 aliphatic carbocycles. The predicted molar refractivity (Wildman–Crippen MR) is 61.0 cm³/mol. The molecule has 0 saturated carbocycles. The minimum absolute atomic E-state index is 0.0533. The molecule has 0 aliphatic heterocycles. The monoisotopic (exact) mass is 209 g/mol. The van der Waals surface area contributed by atoms with Gasteiger partial charge in [0.05, 0.1) is 19.8 Å². The van der Waals surface area contributed by atoms with Crippen LogP contribution in [0.1, 0.15) is 24.9 Å². The lowest BCUT2D eigenvalue weighted by Gasteiger charge is -2.12. The highest BCUT2D eigenvalue weighted by atomic mass is 16.5. The summed E-state index contributed by atoms with van der Waals surface area (Å²) in [6.45, 7) is 3.42. The molecule has 2 N–H and O–H groups in total. The predicted octanol–water partition coefficient (Wildman–Crippen LogP) is 2.12. The molecule has 1 unspecified atom stereocenters. The van der Waals surface area contributed by atoms with Gasteiger partial charge in [0.1, 0.15) is 5.75 Å². The van der Waals surface area contributed by atoms with E-state index < -0.39 is 0 Å². The van der Waals surface area contributed by atoms with Gasteiger partial charge in [-0.15, -0.1) is 0 Å². The summed E-state index contributed by atoms with van der Waals surface area (Å²) in [7, 11) is 1.65. The van der Waals surface area contributed by atoms with E-state index in [4.69, 9.17) is 15.2 Å².